The van der Waals surface area contributed by atoms with Crippen LogP contribution in [0.25, 0.3) is 0 Å². The number of amides is 2. The molecule has 0 radical (unpaired) electrons. The van der Waals surface area contributed by atoms with Crippen molar-refractivity contribution in [1.82, 2.24) is 4.90 Å². The Balaban J connectivity index is 1.40. The predicted octanol–water partition coefficient (Wildman–Crippen LogP) is 3.29. The standard InChI is InChI=1S/C22H25N3O5/c1-14-11-18(15(2)29-14)21(27)25-10-4-9-22(13-25)12-19(24-30-22)20(26)23-16-5-7-17(28-3)8-6-16/h5-8,11H,4,9-10,12-13H2,1-3H3,(H,23,26)/t22-/m1/s1. The van der Waals surface area contributed by atoms with Gasteiger partial charge in [0.15, 0.2) is 5.60 Å². The summed E-state index contributed by atoms with van der Waals surface area (Å²) in [7, 11) is 1.59. The quantitative estimate of drug-likeness (QED) is 0.833. The predicted molar refractivity (Wildman–Crippen MR) is 111 cm³/mol. The molecule has 8 heteroatoms. The molecule has 1 aromatic carbocycles. The van der Waals surface area contributed by atoms with Gasteiger partial charge in [-0.25, -0.2) is 0 Å². The second kappa shape index (κ2) is 7.85. The maximum absolute atomic E-state index is 13.0. The van der Waals surface area contributed by atoms with Crippen LogP contribution in [0.3, 0.4) is 0 Å². The van der Waals surface area contributed by atoms with Crippen LogP contribution in [-0.2, 0) is 9.63 Å². The lowest BCUT2D eigenvalue weighted by atomic mass is 9.87. The molecule has 0 aliphatic carbocycles. The van der Waals surface area contributed by atoms with Gasteiger partial charge in [-0.2, -0.15) is 0 Å². The Labute approximate surface area is 174 Å². The van der Waals surface area contributed by atoms with Crippen LogP contribution in [0.1, 0.15) is 41.1 Å². The maximum atomic E-state index is 13.0. The number of hydrogen-bond acceptors (Lipinski definition) is 6. The summed E-state index contributed by atoms with van der Waals surface area (Å²) >= 11 is 0. The first-order valence-corrected chi connectivity index (χ1v) is 9.96. The molecule has 1 fully saturated rings. The summed E-state index contributed by atoms with van der Waals surface area (Å²) in [4.78, 5) is 33.1. The molecule has 4 rings (SSSR count). The normalized spacial score (nSPS) is 20.6. The third kappa shape index (κ3) is 3.90. The summed E-state index contributed by atoms with van der Waals surface area (Å²) < 4.78 is 10.6. The number of carbonyl (C=O) groups is 2. The average molecular weight is 411 g/mol. The molecule has 1 spiro atoms. The Bertz CT molecular complexity index is 995. The number of nitrogens with one attached hydrogen (secondary N) is 1. The Morgan fingerprint density at radius 1 is 1.23 bits per heavy atom. The number of anilines is 1. The SMILES string of the molecule is COc1ccc(NC(=O)C2=NO[C@]3(CCCN(C(=O)c4cc(C)oc4C)C3)C2)cc1. The zero-order valence-electron chi connectivity index (χ0n) is 17.4. The molecule has 30 heavy (non-hydrogen) atoms. The van der Waals surface area contributed by atoms with E-state index in [2.05, 4.69) is 10.5 Å². The van der Waals surface area contributed by atoms with Gasteiger partial charge >= 0.3 is 0 Å². The number of hydrogen-bond donors (Lipinski definition) is 1. The third-order valence-corrected chi connectivity index (χ3v) is 5.55. The molecule has 1 atom stereocenters. The summed E-state index contributed by atoms with van der Waals surface area (Å²) in [6.07, 6.45) is 1.88. The first kappa shape index (κ1) is 20.0. The van der Waals surface area contributed by atoms with Crippen molar-refractivity contribution in [2.24, 2.45) is 5.16 Å². The molecular formula is C22H25N3O5. The van der Waals surface area contributed by atoms with Crippen molar-refractivity contribution in [3.05, 3.63) is 47.4 Å². The summed E-state index contributed by atoms with van der Waals surface area (Å²) in [5, 5.41) is 6.88. The highest BCUT2D eigenvalue weighted by atomic mass is 16.7. The number of nitrogens with zero attached hydrogens (tertiary/aromatic N) is 2. The van der Waals surface area contributed by atoms with Crippen molar-refractivity contribution in [3.8, 4) is 5.75 Å². The first-order valence-electron chi connectivity index (χ1n) is 9.96. The number of ether oxygens (including phenoxy) is 1. The minimum Gasteiger partial charge on any atom is -0.497 e. The molecule has 158 valence electrons. The number of rotatable bonds is 4. The summed E-state index contributed by atoms with van der Waals surface area (Å²) in [6, 6.07) is 8.83. The van der Waals surface area contributed by atoms with Gasteiger partial charge in [0.1, 0.15) is 23.0 Å². The molecule has 3 heterocycles. The van der Waals surface area contributed by atoms with E-state index in [1.54, 1.807) is 49.3 Å². The highest BCUT2D eigenvalue weighted by Crippen LogP contribution is 2.34. The van der Waals surface area contributed by atoms with Crippen molar-refractivity contribution in [2.45, 2.75) is 38.7 Å². The number of carbonyl (C=O) groups excluding carboxylic acids is 2. The molecule has 1 aromatic heterocycles. The van der Waals surface area contributed by atoms with Gasteiger partial charge in [-0.3, -0.25) is 9.59 Å². The molecule has 1 N–H and O–H groups in total. The van der Waals surface area contributed by atoms with Crippen molar-refractivity contribution < 1.29 is 23.6 Å². The topological polar surface area (TPSA) is 93.4 Å². The third-order valence-electron chi connectivity index (χ3n) is 5.55. The molecule has 8 nitrogen and oxygen atoms in total. The van der Waals surface area contributed by atoms with Gasteiger partial charge in [-0.15, -0.1) is 0 Å². The van der Waals surface area contributed by atoms with E-state index in [9.17, 15) is 9.59 Å². The largest absolute Gasteiger partial charge is 0.497 e. The fourth-order valence-electron chi connectivity index (χ4n) is 4.02. The molecule has 0 saturated carbocycles. The number of methoxy groups -OCH3 is 1. The number of furan rings is 1. The summed E-state index contributed by atoms with van der Waals surface area (Å²) in [5.41, 5.74) is 0.889. The highest BCUT2D eigenvalue weighted by molar-refractivity contribution is 6.43. The fraction of sp³-hybridized carbons (Fsp3) is 0.409. The van der Waals surface area contributed by atoms with Crippen molar-refractivity contribution in [2.75, 3.05) is 25.5 Å². The van der Waals surface area contributed by atoms with Crippen LogP contribution in [0.5, 0.6) is 5.75 Å². The van der Waals surface area contributed by atoms with E-state index in [0.717, 1.165) is 12.8 Å². The molecule has 2 amide bonds. The van der Waals surface area contributed by atoms with E-state index in [0.29, 0.717) is 53.7 Å². The van der Waals surface area contributed by atoms with Crippen molar-refractivity contribution in [1.29, 1.82) is 0 Å². The minimum atomic E-state index is -0.660. The van der Waals surface area contributed by atoms with Gasteiger partial charge in [0.2, 0.25) is 0 Å². The van der Waals surface area contributed by atoms with Crippen LogP contribution in [-0.4, -0.2) is 48.2 Å². The van der Waals surface area contributed by atoms with Crippen LogP contribution in [0.2, 0.25) is 0 Å². The Morgan fingerprint density at radius 3 is 2.67 bits per heavy atom. The van der Waals surface area contributed by atoms with Gasteiger partial charge in [0, 0.05) is 18.7 Å². The van der Waals surface area contributed by atoms with Gasteiger partial charge < -0.3 is 24.2 Å². The fourth-order valence-corrected chi connectivity index (χ4v) is 4.02. The van der Waals surface area contributed by atoms with Crippen LogP contribution in [0.4, 0.5) is 5.69 Å². The van der Waals surface area contributed by atoms with Crippen LogP contribution in [0.15, 0.2) is 39.9 Å². The Hall–Kier alpha value is -3.29. The van der Waals surface area contributed by atoms with Gasteiger partial charge in [-0.05, 0) is 57.0 Å². The summed E-state index contributed by atoms with van der Waals surface area (Å²) in [6.45, 7) is 4.64. The molecule has 2 aromatic rings. The Morgan fingerprint density at radius 2 is 2.00 bits per heavy atom. The smallest absolute Gasteiger partial charge is 0.273 e. The zero-order valence-corrected chi connectivity index (χ0v) is 17.4. The van der Waals surface area contributed by atoms with E-state index in [-0.39, 0.29) is 11.8 Å². The van der Waals surface area contributed by atoms with Crippen LogP contribution < -0.4 is 10.1 Å². The van der Waals surface area contributed by atoms with E-state index in [1.165, 1.54) is 0 Å². The Kier molecular flexibility index (Phi) is 5.24. The lowest BCUT2D eigenvalue weighted by Crippen LogP contribution is -2.50. The molecule has 1 saturated heterocycles. The number of benzene rings is 1. The maximum Gasteiger partial charge on any atom is 0.273 e. The average Bonchev–Trinajstić information content (AvgIpc) is 3.30. The monoisotopic (exact) mass is 411 g/mol. The van der Waals surface area contributed by atoms with E-state index >= 15 is 0 Å². The second-order valence-electron chi connectivity index (χ2n) is 7.83. The molecule has 0 bridgehead atoms. The second-order valence-corrected chi connectivity index (χ2v) is 7.83. The molecule has 2 aliphatic rings. The van der Waals surface area contributed by atoms with Gasteiger partial charge in [0.05, 0.1) is 19.2 Å². The number of aryl methyl sites for hydroxylation is 2. The van der Waals surface area contributed by atoms with Crippen molar-refractivity contribution >= 4 is 23.2 Å². The van der Waals surface area contributed by atoms with Gasteiger partial charge in [-0.1, -0.05) is 5.16 Å². The molecule has 0 unspecified atom stereocenters. The van der Waals surface area contributed by atoms with E-state index in [1.807, 2.05) is 6.92 Å². The number of piperidine rings is 1. The van der Waals surface area contributed by atoms with Gasteiger partial charge in [0.25, 0.3) is 11.8 Å². The van der Waals surface area contributed by atoms with Crippen LogP contribution in [0, 0.1) is 13.8 Å². The molecular weight excluding hydrogens is 386 g/mol. The number of oxime groups is 1. The summed E-state index contributed by atoms with van der Waals surface area (Å²) in [5.74, 6) is 1.65. The minimum absolute atomic E-state index is 0.0804. The number of likely N-dealkylation sites (tertiary alicyclic amines) is 1. The first-order chi connectivity index (χ1) is 14.4. The van der Waals surface area contributed by atoms with E-state index < -0.39 is 5.60 Å². The molecule has 2 aliphatic heterocycles. The lowest BCUT2D eigenvalue weighted by Gasteiger charge is -2.38. The highest BCUT2D eigenvalue weighted by Gasteiger charge is 2.46. The van der Waals surface area contributed by atoms with Crippen LogP contribution >= 0.6 is 0 Å². The zero-order chi connectivity index (χ0) is 21.3. The lowest BCUT2D eigenvalue weighted by molar-refractivity contribution is -0.110. The van der Waals surface area contributed by atoms with E-state index in [4.69, 9.17) is 14.0 Å². The van der Waals surface area contributed by atoms with Crippen molar-refractivity contribution in [3.63, 3.8) is 0 Å².